The van der Waals surface area contributed by atoms with Gasteiger partial charge in [0.05, 0.1) is 32.5 Å². The van der Waals surface area contributed by atoms with Gasteiger partial charge < -0.3 is 19.3 Å². The van der Waals surface area contributed by atoms with Crippen molar-refractivity contribution in [3.8, 4) is 0 Å². The summed E-state index contributed by atoms with van der Waals surface area (Å²) in [7, 11) is 0. The molecule has 0 aliphatic heterocycles. The Kier molecular flexibility index (Phi) is 8.80. The SMILES string of the molecule is C=C(C)C(=O)OCC(C)OCCOCCO. The molecule has 0 aromatic heterocycles. The highest BCUT2D eigenvalue weighted by Gasteiger charge is 2.07. The van der Waals surface area contributed by atoms with Crippen molar-refractivity contribution in [2.24, 2.45) is 0 Å². The van der Waals surface area contributed by atoms with Crippen LogP contribution < -0.4 is 0 Å². The van der Waals surface area contributed by atoms with Gasteiger partial charge in [-0.3, -0.25) is 0 Å². The van der Waals surface area contributed by atoms with Gasteiger partial charge in [-0.15, -0.1) is 0 Å². The first-order valence-corrected chi connectivity index (χ1v) is 5.20. The standard InChI is InChI=1S/C11H20O5/c1-9(2)11(13)16-8-10(3)15-7-6-14-5-4-12/h10,12H,1,4-8H2,2-3H3. The summed E-state index contributed by atoms with van der Waals surface area (Å²) in [6, 6.07) is 0. The van der Waals surface area contributed by atoms with Crippen LogP contribution in [0.1, 0.15) is 13.8 Å². The number of ether oxygens (including phenoxy) is 3. The van der Waals surface area contributed by atoms with Crippen LogP contribution in [0.2, 0.25) is 0 Å². The zero-order valence-corrected chi connectivity index (χ0v) is 9.90. The Labute approximate surface area is 96.0 Å². The van der Waals surface area contributed by atoms with Crippen molar-refractivity contribution in [3.05, 3.63) is 12.2 Å². The Balaban J connectivity index is 3.41. The Morgan fingerprint density at radius 2 is 2.06 bits per heavy atom. The zero-order chi connectivity index (χ0) is 12.4. The second-order valence-electron chi connectivity index (χ2n) is 3.40. The first-order valence-electron chi connectivity index (χ1n) is 5.20. The van der Waals surface area contributed by atoms with Crippen LogP contribution in [0.15, 0.2) is 12.2 Å². The molecule has 0 saturated carbocycles. The molecule has 0 fully saturated rings. The Morgan fingerprint density at radius 1 is 1.38 bits per heavy atom. The fourth-order valence-electron chi connectivity index (χ4n) is 0.839. The van der Waals surface area contributed by atoms with Gasteiger partial charge in [0, 0.05) is 5.57 Å². The summed E-state index contributed by atoms with van der Waals surface area (Å²) in [4.78, 5) is 11.0. The number of aliphatic hydroxyl groups is 1. The fourth-order valence-corrected chi connectivity index (χ4v) is 0.839. The summed E-state index contributed by atoms with van der Waals surface area (Å²) in [6.07, 6.45) is -0.180. The average molecular weight is 232 g/mol. The van der Waals surface area contributed by atoms with Gasteiger partial charge in [0.2, 0.25) is 0 Å². The van der Waals surface area contributed by atoms with E-state index in [0.29, 0.717) is 25.4 Å². The van der Waals surface area contributed by atoms with Crippen molar-refractivity contribution in [1.82, 2.24) is 0 Å². The molecule has 0 heterocycles. The van der Waals surface area contributed by atoms with Crippen LogP contribution in [0.3, 0.4) is 0 Å². The molecule has 0 saturated heterocycles. The number of carbonyl (C=O) groups is 1. The average Bonchev–Trinajstić information content (AvgIpc) is 2.25. The van der Waals surface area contributed by atoms with Crippen LogP contribution >= 0.6 is 0 Å². The van der Waals surface area contributed by atoms with E-state index >= 15 is 0 Å². The minimum absolute atomic E-state index is 0.00573. The third kappa shape index (κ3) is 8.40. The highest BCUT2D eigenvalue weighted by atomic mass is 16.6. The topological polar surface area (TPSA) is 65.0 Å². The zero-order valence-electron chi connectivity index (χ0n) is 9.90. The largest absolute Gasteiger partial charge is 0.460 e. The van der Waals surface area contributed by atoms with Gasteiger partial charge in [-0.1, -0.05) is 6.58 Å². The highest BCUT2D eigenvalue weighted by molar-refractivity contribution is 5.86. The number of hydrogen-bond acceptors (Lipinski definition) is 5. The molecule has 0 aliphatic rings. The lowest BCUT2D eigenvalue weighted by atomic mass is 10.3. The van der Waals surface area contributed by atoms with E-state index < -0.39 is 5.97 Å². The number of rotatable bonds is 9. The number of carbonyl (C=O) groups excluding carboxylic acids is 1. The predicted molar refractivity (Wildman–Crippen MR) is 59.1 cm³/mol. The van der Waals surface area contributed by atoms with Gasteiger partial charge in [-0.2, -0.15) is 0 Å². The van der Waals surface area contributed by atoms with Crippen molar-refractivity contribution in [1.29, 1.82) is 0 Å². The summed E-state index contributed by atoms with van der Waals surface area (Å²) in [5, 5.41) is 8.44. The predicted octanol–water partition coefficient (Wildman–Crippen LogP) is 0.520. The van der Waals surface area contributed by atoms with Crippen molar-refractivity contribution >= 4 is 5.97 Å². The number of aliphatic hydroxyl groups excluding tert-OH is 1. The fraction of sp³-hybridized carbons (Fsp3) is 0.727. The van der Waals surface area contributed by atoms with Crippen molar-refractivity contribution < 1.29 is 24.1 Å². The molecule has 0 aromatic rings. The minimum Gasteiger partial charge on any atom is -0.460 e. The van der Waals surface area contributed by atoms with Gasteiger partial charge in [0.25, 0.3) is 0 Å². The molecule has 5 heteroatoms. The highest BCUT2D eigenvalue weighted by Crippen LogP contribution is 1.97. The molecule has 0 rings (SSSR count). The van der Waals surface area contributed by atoms with Gasteiger partial charge in [0.15, 0.2) is 0 Å². The second-order valence-corrected chi connectivity index (χ2v) is 3.40. The third-order valence-electron chi connectivity index (χ3n) is 1.66. The summed E-state index contributed by atoms with van der Waals surface area (Å²) in [5.41, 5.74) is 0.374. The first kappa shape index (κ1) is 15.1. The van der Waals surface area contributed by atoms with E-state index in [-0.39, 0.29) is 19.3 Å². The Morgan fingerprint density at radius 3 is 2.62 bits per heavy atom. The normalized spacial score (nSPS) is 12.2. The van der Waals surface area contributed by atoms with Gasteiger partial charge in [-0.05, 0) is 13.8 Å². The van der Waals surface area contributed by atoms with E-state index in [1.54, 1.807) is 13.8 Å². The van der Waals surface area contributed by atoms with E-state index in [2.05, 4.69) is 6.58 Å². The van der Waals surface area contributed by atoms with Gasteiger partial charge >= 0.3 is 5.97 Å². The Bertz CT molecular complexity index is 214. The van der Waals surface area contributed by atoms with Crippen LogP contribution in [0.25, 0.3) is 0 Å². The van der Waals surface area contributed by atoms with Gasteiger partial charge in [-0.25, -0.2) is 4.79 Å². The number of esters is 1. The maximum Gasteiger partial charge on any atom is 0.333 e. The first-order chi connectivity index (χ1) is 7.57. The smallest absolute Gasteiger partial charge is 0.333 e. The summed E-state index contributed by atoms with van der Waals surface area (Å²) >= 11 is 0. The quantitative estimate of drug-likeness (QED) is 0.356. The summed E-state index contributed by atoms with van der Waals surface area (Å²) in [5.74, 6) is -0.410. The van der Waals surface area contributed by atoms with Crippen LogP contribution in [-0.4, -0.2) is 50.2 Å². The van der Waals surface area contributed by atoms with E-state index in [1.165, 1.54) is 0 Å². The molecule has 0 aromatic carbocycles. The van der Waals surface area contributed by atoms with E-state index in [9.17, 15) is 4.79 Å². The van der Waals surface area contributed by atoms with Crippen molar-refractivity contribution in [2.45, 2.75) is 20.0 Å². The molecule has 16 heavy (non-hydrogen) atoms. The molecule has 0 amide bonds. The van der Waals surface area contributed by atoms with E-state index in [0.717, 1.165) is 0 Å². The maximum absolute atomic E-state index is 11.0. The lowest BCUT2D eigenvalue weighted by Crippen LogP contribution is -2.21. The molecular weight excluding hydrogens is 212 g/mol. The van der Waals surface area contributed by atoms with Crippen LogP contribution in [0.4, 0.5) is 0 Å². The van der Waals surface area contributed by atoms with Gasteiger partial charge in [0.1, 0.15) is 6.61 Å². The lowest BCUT2D eigenvalue weighted by molar-refractivity contribution is -0.143. The molecule has 0 aliphatic carbocycles. The second kappa shape index (κ2) is 9.33. The van der Waals surface area contributed by atoms with Crippen molar-refractivity contribution in [2.75, 3.05) is 33.0 Å². The molecule has 1 unspecified atom stereocenters. The Hall–Kier alpha value is -0.910. The van der Waals surface area contributed by atoms with Crippen molar-refractivity contribution in [3.63, 3.8) is 0 Å². The number of hydrogen-bond donors (Lipinski definition) is 1. The molecular formula is C11H20O5. The van der Waals surface area contributed by atoms with Crippen LogP contribution in [-0.2, 0) is 19.0 Å². The van der Waals surface area contributed by atoms with E-state index in [1.807, 2.05) is 0 Å². The molecule has 0 radical (unpaired) electrons. The summed E-state index contributed by atoms with van der Waals surface area (Å²) in [6.45, 7) is 8.21. The molecule has 94 valence electrons. The molecule has 1 atom stereocenters. The van der Waals surface area contributed by atoms with Crippen LogP contribution in [0.5, 0.6) is 0 Å². The maximum atomic E-state index is 11.0. The van der Waals surface area contributed by atoms with Crippen LogP contribution in [0, 0.1) is 0 Å². The summed E-state index contributed by atoms with van der Waals surface area (Å²) < 4.78 is 15.2. The molecule has 0 spiro atoms. The molecule has 1 N–H and O–H groups in total. The minimum atomic E-state index is -0.410. The van der Waals surface area contributed by atoms with E-state index in [4.69, 9.17) is 19.3 Å². The lowest BCUT2D eigenvalue weighted by Gasteiger charge is -2.13. The monoisotopic (exact) mass is 232 g/mol. The third-order valence-corrected chi connectivity index (χ3v) is 1.66. The molecule has 5 nitrogen and oxygen atoms in total. The molecule has 0 bridgehead atoms.